The molecule has 3 aromatic rings. The molecule has 0 aromatic heterocycles. The molecule has 29 heavy (non-hydrogen) atoms. The van der Waals surface area contributed by atoms with Crippen molar-refractivity contribution in [2.75, 3.05) is 25.1 Å². The van der Waals surface area contributed by atoms with Crippen LogP contribution in [0.4, 0.5) is 5.69 Å². The summed E-state index contributed by atoms with van der Waals surface area (Å²) in [6.45, 7) is 0.735. The highest BCUT2D eigenvalue weighted by atomic mass is 35.5. The summed E-state index contributed by atoms with van der Waals surface area (Å²) in [5.74, 6) is 0.457. The number of benzene rings is 3. The minimum atomic E-state index is -0.380. The molecule has 6 nitrogen and oxygen atoms in total. The zero-order valence-corrected chi connectivity index (χ0v) is 16.3. The molecule has 4 rings (SSSR count). The Bertz CT molecular complexity index is 1080. The Labute approximate surface area is 172 Å². The minimum absolute atomic E-state index is 0.158. The molecule has 0 bridgehead atoms. The molecule has 3 aromatic carbocycles. The van der Waals surface area contributed by atoms with Gasteiger partial charge >= 0.3 is 0 Å². The number of amides is 2. The van der Waals surface area contributed by atoms with Gasteiger partial charge in [-0.1, -0.05) is 54.1 Å². The van der Waals surface area contributed by atoms with E-state index in [-0.39, 0.29) is 24.8 Å². The minimum Gasteiger partial charge on any atom is -0.486 e. The zero-order valence-electron chi connectivity index (χ0n) is 15.5. The van der Waals surface area contributed by atoms with Crippen LogP contribution in [-0.2, 0) is 16.0 Å². The van der Waals surface area contributed by atoms with Gasteiger partial charge in [-0.05, 0) is 16.3 Å². The van der Waals surface area contributed by atoms with Gasteiger partial charge in [0.05, 0.1) is 23.7 Å². The summed E-state index contributed by atoms with van der Waals surface area (Å²) in [6, 6.07) is 16.9. The molecule has 2 N–H and O–H groups in total. The normalized spacial score (nSPS) is 12.4. The van der Waals surface area contributed by atoms with Gasteiger partial charge < -0.3 is 20.1 Å². The van der Waals surface area contributed by atoms with E-state index in [1.165, 1.54) is 0 Å². The van der Waals surface area contributed by atoms with Crippen LogP contribution in [-0.4, -0.2) is 31.6 Å². The lowest BCUT2D eigenvalue weighted by atomic mass is 10.0. The number of fused-ring (bicyclic) bond motifs is 2. The summed E-state index contributed by atoms with van der Waals surface area (Å²) >= 11 is 6.19. The first kappa shape index (κ1) is 19.1. The Morgan fingerprint density at radius 2 is 1.66 bits per heavy atom. The van der Waals surface area contributed by atoms with Crippen molar-refractivity contribution in [3.05, 3.63) is 65.2 Å². The standard InChI is InChI=1S/C22H19ClN2O4/c23-17-11-19-20(29-9-8-28-19)12-18(17)25-22(27)13-24-21(26)10-15-6-3-5-14-4-1-2-7-16(14)15/h1-7,11-12H,8-10,13H2,(H,24,26)(H,25,27). The molecule has 1 aliphatic heterocycles. The molecular formula is C22H19ClN2O4. The first-order valence-corrected chi connectivity index (χ1v) is 9.60. The van der Waals surface area contributed by atoms with E-state index < -0.39 is 0 Å². The predicted molar refractivity (Wildman–Crippen MR) is 112 cm³/mol. The number of rotatable bonds is 5. The van der Waals surface area contributed by atoms with Crippen LogP contribution in [0.5, 0.6) is 11.5 Å². The third kappa shape index (κ3) is 4.43. The summed E-state index contributed by atoms with van der Waals surface area (Å²) in [7, 11) is 0. The van der Waals surface area contributed by atoms with E-state index in [1.807, 2.05) is 42.5 Å². The molecule has 2 amide bonds. The molecule has 1 aliphatic rings. The highest BCUT2D eigenvalue weighted by Gasteiger charge is 2.17. The van der Waals surface area contributed by atoms with E-state index in [9.17, 15) is 9.59 Å². The van der Waals surface area contributed by atoms with Crippen LogP contribution >= 0.6 is 11.6 Å². The van der Waals surface area contributed by atoms with Gasteiger partial charge in [0.2, 0.25) is 11.8 Å². The lowest BCUT2D eigenvalue weighted by Crippen LogP contribution is -2.33. The van der Waals surface area contributed by atoms with Crippen LogP contribution in [0, 0.1) is 0 Å². The molecule has 0 atom stereocenters. The molecule has 0 unspecified atom stereocenters. The number of carbonyl (C=O) groups is 2. The van der Waals surface area contributed by atoms with Gasteiger partial charge in [0.25, 0.3) is 0 Å². The summed E-state index contributed by atoms with van der Waals surface area (Å²) in [5, 5.41) is 7.77. The van der Waals surface area contributed by atoms with Gasteiger partial charge in [0.15, 0.2) is 11.5 Å². The fourth-order valence-corrected chi connectivity index (χ4v) is 3.42. The van der Waals surface area contributed by atoms with Gasteiger partial charge in [0, 0.05) is 12.1 Å². The van der Waals surface area contributed by atoms with Crippen molar-refractivity contribution in [2.45, 2.75) is 6.42 Å². The molecule has 0 saturated heterocycles. The van der Waals surface area contributed by atoms with Crippen LogP contribution in [0.3, 0.4) is 0 Å². The van der Waals surface area contributed by atoms with Gasteiger partial charge in [-0.2, -0.15) is 0 Å². The average Bonchev–Trinajstić information content (AvgIpc) is 2.73. The summed E-state index contributed by atoms with van der Waals surface area (Å²) in [5.41, 5.74) is 1.32. The largest absolute Gasteiger partial charge is 0.486 e. The van der Waals surface area contributed by atoms with Crippen LogP contribution in [0.1, 0.15) is 5.56 Å². The third-order valence-corrected chi connectivity index (χ3v) is 4.90. The predicted octanol–water partition coefficient (Wildman–Crippen LogP) is 3.56. The van der Waals surface area contributed by atoms with Crippen LogP contribution < -0.4 is 20.1 Å². The zero-order chi connectivity index (χ0) is 20.2. The number of carbonyl (C=O) groups excluding carboxylic acids is 2. The lowest BCUT2D eigenvalue weighted by Gasteiger charge is -2.20. The second-order valence-electron chi connectivity index (χ2n) is 6.62. The van der Waals surface area contributed by atoms with Gasteiger partial charge in [-0.25, -0.2) is 0 Å². The summed E-state index contributed by atoms with van der Waals surface area (Å²) < 4.78 is 10.9. The fourth-order valence-electron chi connectivity index (χ4n) is 3.22. The molecule has 0 radical (unpaired) electrons. The Balaban J connectivity index is 1.35. The number of anilines is 1. The third-order valence-electron chi connectivity index (χ3n) is 4.58. The van der Waals surface area contributed by atoms with E-state index in [1.54, 1.807) is 12.1 Å². The van der Waals surface area contributed by atoms with Crippen LogP contribution in [0.15, 0.2) is 54.6 Å². The number of nitrogens with one attached hydrogen (secondary N) is 2. The van der Waals surface area contributed by atoms with Crippen molar-refractivity contribution in [1.82, 2.24) is 5.32 Å². The van der Waals surface area contributed by atoms with E-state index in [4.69, 9.17) is 21.1 Å². The molecule has 148 valence electrons. The van der Waals surface area contributed by atoms with Crippen molar-refractivity contribution in [3.63, 3.8) is 0 Å². The summed E-state index contributed by atoms with van der Waals surface area (Å²) in [4.78, 5) is 24.6. The van der Waals surface area contributed by atoms with Crippen molar-refractivity contribution >= 4 is 39.9 Å². The van der Waals surface area contributed by atoms with Crippen molar-refractivity contribution < 1.29 is 19.1 Å². The average molecular weight is 411 g/mol. The Kier molecular flexibility index (Phi) is 5.53. The monoisotopic (exact) mass is 410 g/mol. The van der Waals surface area contributed by atoms with Crippen LogP contribution in [0.2, 0.25) is 5.02 Å². The van der Waals surface area contributed by atoms with Crippen LogP contribution in [0.25, 0.3) is 10.8 Å². The number of halogens is 1. The van der Waals surface area contributed by atoms with E-state index in [0.717, 1.165) is 16.3 Å². The second kappa shape index (κ2) is 8.41. The molecular weight excluding hydrogens is 392 g/mol. The second-order valence-corrected chi connectivity index (χ2v) is 7.02. The van der Waals surface area contributed by atoms with E-state index >= 15 is 0 Å². The molecule has 7 heteroatoms. The molecule has 0 saturated carbocycles. The lowest BCUT2D eigenvalue weighted by molar-refractivity contribution is -0.123. The van der Waals surface area contributed by atoms with Gasteiger partial charge in [-0.3, -0.25) is 9.59 Å². The molecule has 1 heterocycles. The molecule has 0 fully saturated rings. The van der Waals surface area contributed by atoms with Gasteiger partial charge in [0.1, 0.15) is 13.2 Å². The Morgan fingerprint density at radius 3 is 2.48 bits per heavy atom. The van der Waals surface area contributed by atoms with Gasteiger partial charge in [-0.15, -0.1) is 0 Å². The SMILES string of the molecule is O=C(Cc1cccc2ccccc12)NCC(=O)Nc1cc2c(cc1Cl)OCCO2. The highest BCUT2D eigenvalue weighted by molar-refractivity contribution is 6.34. The van der Waals surface area contributed by atoms with Crippen molar-refractivity contribution in [1.29, 1.82) is 0 Å². The Hall–Kier alpha value is -3.25. The van der Waals surface area contributed by atoms with E-state index in [2.05, 4.69) is 10.6 Å². The maximum atomic E-state index is 12.3. The maximum Gasteiger partial charge on any atom is 0.243 e. The summed E-state index contributed by atoms with van der Waals surface area (Å²) in [6.07, 6.45) is 0.194. The van der Waals surface area contributed by atoms with Crippen molar-refractivity contribution in [2.24, 2.45) is 0 Å². The first-order valence-electron chi connectivity index (χ1n) is 9.22. The van der Waals surface area contributed by atoms with E-state index in [0.29, 0.717) is 35.4 Å². The maximum absolute atomic E-state index is 12.3. The molecule has 0 spiro atoms. The smallest absolute Gasteiger partial charge is 0.243 e. The number of hydrogen-bond acceptors (Lipinski definition) is 4. The first-order chi connectivity index (χ1) is 14.1. The highest BCUT2D eigenvalue weighted by Crippen LogP contribution is 2.37. The fraction of sp³-hybridized carbons (Fsp3) is 0.182. The number of ether oxygens (including phenoxy) is 2. The topological polar surface area (TPSA) is 76.7 Å². The number of hydrogen-bond donors (Lipinski definition) is 2. The molecule has 0 aliphatic carbocycles. The quantitative estimate of drug-likeness (QED) is 0.674. The van der Waals surface area contributed by atoms with Crippen molar-refractivity contribution in [3.8, 4) is 11.5 Å². The Morgan fingerprint density at radius 1 is 0.931 bits per heavy atom.